The van der Waals surface area contributed by atoms with Crippen LogP contribution in [0.2, 0.25) is 5.02 Å². The van der Waals surface area contributed by atoms with Crippen LogP contribution in [0.1, 0.15) is 61.8 Å². The highest BCUT2D eigenvalue weighted by atomic mass is 35.5. The van der Waals surface area contributed by atoms with Gasteiger partial charge in [0.15, 0.2) is 5.82 Å². The summed E-state index contributed by atoms with van der Waals surface area (Å²) in [5, 5.41) is 17.3. The Morgan fingerprint density at radius 1 is 1.42 bits per heavy atom. The molecule has 1 aromatic heterocycles. The van der Waals surface area contributed by atoms with Gasteiger partial charge >= 0.3 is 0 Å². The van der Waals surface area contributed by atoms with Crippen molar-refractivity contribution in [3.8, 4) is 6.07 Å². The molecule has 0 bridgehead atoms. The van der Waals surface area contributed by atoms with Gasteiger partial charge in [-0.15, -0.1) is 0 Å². The zero-order chi connectivity index (χ0) is 22.1. The summed E-state index contributed by atoms with van der Waals surface area (Å²) in [5.41, 5.74) is 6.16. The third kappa shape index (κ3) is 4.85. The molecule has 0 saturated heterocycles. The Morgan fingerprint density at radius 3 is 2.84 bits per heavy atom. The molecule has 6 nitrogen and oxygen atoms in total. The molecule has 1 amide bonds. The minimum Gasteiger partial charge on any atom is -0.365 e. The van der Waals surface area contributed by atoms with Gasteiger partial charge in [-0.2, -0.15) is 10.4 Å². The molecule has 0 radical (unpaired) electrons. The van der Waals surface area contributed by atoms with Gasteiger partial charge in [-0.1, -0.05) is 18.5 Å². The summed E-state index contributed by atoms with van der Waals surface area (Å²) < 4.78 is 15.5. The van der Waals surface area contributed by atoms with E-state index in [-0.39, 0.29) is 28.4 Å². The number of primary amides is 1. The summed E-state index contributed by atoms with van der Waals surface area (Å²) >= 11 is 5.74. The third-order valence-electron chi connectivity index (χ3n) is 6.74. The number of nitrogens with one attached hydrogen (secondary N) is 1. The molecule has 3 N–H and O–H groups in total. The van der Waals surface area contributed by atoms with E-state index in [9.17, 15) is 14.4 Å². The van der Waals surface area contributed by atoms with Crippen molar-refractivity contribution in [1.29, 1.82) is 5.26 Å². The van der Waals surface area contributed by atoms with Gasteiger partial charge in [-0.05, 0) is 74.5 Å². The maximum absolute atomic E-state index is 13.8. The molecule has 31 heavy (non-hydrogen) atoms. The zero-order valence-electron chi connectivity index (χ0n) is 17.5. The number of nitrogens with zero attached hydrogens (tertiary/aromatic N) is 3. The topological polar surface area (TPSA) is 96.7 Å². The highest BCUT2D eigenvalue weighted by molar-refractivity contribution is 6.30. The SMILES string of the molecule is C[C@H](C[C@@H]1CC[C@H](n2cc(C(N)=O)c(Nc3ccc(Cl)c(F)c3)n2)[C@@H](C#N)C1)C1CC1. The van der Waals surface area contributed by atoms with E-state index in [1.165, 1.54) is 31.4 Å². The molecular weight excluding hydrogens is 417 g/mol. The number of hydrogen-bond acceptors (Lipinski definition) is 4. The lowest BCUT2D eigenvalue weighted by molar-refractivity contribution is 0.100. The number of nitriles is 1. The fourth-order valence-corrected chi connectivity index (χ4v) is 4.96. The van der Waals surface area contributed by atoms with Crippen molar-refractivity contribution in [3.63, 3.8) is 0 Å². The smallest absolute Gasteiger partial charge is 0.254 e. The Bertz CT molecular complexity index is 1010. The van der Waals surface area contributed by atoms with Crippen molar-refractivity contribution in [2.75, 3.05) is 5.32 Å². The Morgan fingerprint density at radius 2 is 2.19 bits per heavy atom. The highest BCUT2D eigenvalue weighted by Crippen LogP contribution is 2.44. The second kappa shape index (κ2) is 8.88. The van der Waals surface area contributed by atoms with E-state index in [4.69, 9.17) is 17.3 Å². The van der Waals surface area contributed by atoms with Crippen LogP contribution in [0.5, 0.6) is 0 Å². The molecule has 1 heterocycles. The molecule has 2 aromatic rings. The third-order valence-corrected chi connectivity index (χ3v) is 7.05. The average molecular weight is 444 g/mol. The van der Waals surface area contributed by atoms with Gasteiger partial charge in [-0.3, -0.25) is 9.48 Å². The van der Waals surface area contributed by atoms with E-state index >= 15 is 0 Å². The van der Waals surface area contributed by atoms with Gasteiger partial charge in [0.1, 0.15) is 11.4 Å². The van der Waals surface area contributed by atoms with Gasteiger partial charge < -0.3 is 11.1 Å². The van der Waals surface area contributed by atoms with Crippen LogP contribution in [-0.4, -0.2) is 15.7 Å². The minimum absolute atomic E-state index is 0.0100. The standard InChI is InChI=1S/C23H27ClFN5O/c1-13(15-3-4-15)8-14-2-7-21(16(9-14)11-26)30-12-18(22(27)31)23(29-30)28-17-5-6-19(24)20(25)10-17/h5-6,10,12-16,21H,2-4,7-9H2,1H3,(H2,27,31)(H,28,29)/t13-,14+,16-,21+/m1/s1. The normalized spacial score (nSPS) is 24.4. The first-order valence-electron chi connectivity index (χ1n) is 10.9. The molecule has 1 aromatic carbocycles. The van der Waals surface area contributed by atoms with Crippen molar-refractivity contribution in [1.82, 2.24) is 9.78 Å². The molecule has 4 rings (SSSR count). The lowest BCUT2D eigenvalue weighted by atomic mass is 9.75. The van der Waals surface area contributed by atoms with E-state index in [0.29, 0.717) is 11.6 Å². The van der Waals surface area contributed by atoms with Crippen LogP contribution in [0.4, 0.5) is 15.9 Å². The number of benzene rings is 1. The number of hydrogen-bond donors (Lipinski definition) is 2. The summed E-state index contributed by atoms with van der Waals surface area (Å²) in [4.78, 5) is 12.0. The fraction of sp³-hybridized carbons (Fsp3) is 0.522. The average Bonchev–Trinajstić information content (AvgIpc) is 3.51. The van der Waals surface area contributed by atoms with E-state index in [0.717, 1.165) is 31.1 Å². The van der Waals surface area contributed by atoms with E-state index in [2.05, 4.69) is 23.4 Å². The van der Waals surface area contributed by atoms with Crippen molar-refractivity contribution in [2.45, 2.75) is 51.5 Å². The molecule has 8 heteroatoms. The Kier molecular flexibility index (Phi) is 6.19. The lowest BCUT2D eigenvalue weighted by Crippen LogP contribution is -2.28. The van der Waals surface area contributed by atoms with Crippen molar-refractivity contribution >= 4 is 29.0 Å². The van der Waals surface area contributed by atoms with E-state index in [1.807, 2.05) is 0 Å². The number of rotatable bonds is 7. The number of halogens is 2. The summed E-state index contributed by atoms with van der Waals surface area (Å²) in [5.74, 6) is 1.01. The van der Waals surface area contributed by atoms with E-state index < -0.39 is 11.7 Å². The molecule has 0 aliphatic heterocycles. The molecule has 0 unspecified atom stereocenters. The van der Waals surface area contributed by atoms with E-state index in [1.54, 1.807) is 16.9 Å². The number of amides is 1. The van der Waals surface area contributed by atoms with Crippen molar-refractivity contribution in [2.24, 2.45) is 29.4 Å². The maximum Gasteiger partial charge on any atom is 0.254 e. The number of carbonyl (C=O) groups excluding carboxylic acids is 1. The van der Waals surface area contributed by atoms with Crippen molar-refractivity contribution in [3.05, 3.63) is 40.8 Å². The number of aromatic nitrogens is 2. The second-order valence-corrected chi connectivity index (χ2v) is 9.43. The first-order valence-corrected chi connectivity index (χ1v) is 11.2. The first-order chi connectivity index (χ1) is 14.9. The number of carbonyl (C=O) groups is 1. The number of nitrogens with two attached hydrogens (primary N) is 1. The van der Waals surface area contributed by atoms with Gasteiger partial charge in [0.05, 0.1) is 23.1 Å². The van der Waals surface area contributed by atoms with Crippen LogP contribution in [0, 0.1) is 40.8 Å². The Hall–Kier alpha value is -2.59. The maximum atomic E-state index is 13.8. The number of anilines is 2. The minimum atomic E-state index is -0.636. The van der Waals surface area contributed by atoms with Crippen LogP contribution in [0.3, 0.4) is 0 Å². The predicted octanol–water partition coefficient (Wildman–Crippen LogP) is 5.44. The summed E-state index contributed by atoms with van der Waals surface area (Å²) in [6.45, 7) is 2.33. The molecule has 2 aliphatic rings. The zero-order valence-corrected chi connectivity index (χ0v) is 18.3. The molecule has 2 fully saturated rings. The van der Waals surface area contributed by atoms with Crippen LogP contribution in [-0.2, 0) is 0 Å². The molecule has 0 spiro atoms. The van der Waals surface area contributed by atoms with Gasteiger partial charge in [0, 0.05) is 11.9 Å². The first kappa shape index (κ1) is 21.6. The Labute approximate surface area is 186 Å². The lowest BCUT2D eigenvalue weighted by Gasteiger charge is -2.33. The monoisotopic (exact) mass is 443 g/mol. The largest absolute Gasteiger partial charge is 0.365 e. The van der Waals surface area contributed by atoms with Crippen LogP contribution < -0.4 is 11.1 Å². The van der Waals surface area contributed by atoms with Crippen LogP contribution >= 0.6 is 11.6 Å². The summed E-state index contributed by atoms with van der Waals surface area (Å²) in [6.07, 6.45) is 8.17. The van der Waals surface area contributed by atoms with Crippen LogP contribution in [0.25, 0.3) is 0 Å². The predicted molar refractivity (Wildman–Crippen MR) is 117 cm³/mol. The molecule has 2 saturated carbocycles. The van der Waals surface area contributed by atoms with Crippen LogP contribution in [0.15, 0.2) is 24.4 Å². The Balaban J connectivity index is 1.52. The molecule has 2 aliphatic carbocycles. The van der Waals surface area contributed by atoms with Gasteiger partial charge in [-0.25, -0.2) is 4.39 Å². The molecular formula is C23H27ClFN5O. The second-order valence-electron chi connectivity index (χ2n) is 9.02. The summed E-state index contributed by atoms with van der Waals surface area (Å²) in [6, 6.07) is 6.60. The fourth-order valence-electron chi connectivity index (χ4n) is 4.84. The quantitative estimate of drug-likeness (QED) is 0.595. The van der Waals surface area contributed by atoms with Gasteiger partial charge in [0.2, 0.25) is 0 Å². The van der Waals surface area contributed by atoms with Gasteiger partial charge in [0.25, 0.3) is 5.91 Å². The summed E-state index contributed by atoms with van der Waals surface area (Å²) in [7, 11) is 0. The molecule has 4 atom stereocenters. The molecule has 164 valence electrons. The van der Waals surface area contributed by atoms with Crippen molar-refractivity contribution < 1.29 is 9.18 Å². The highest BCUT2D eigenvalue weighted by Gasteiger charge is 2.36.